The monoisotopic (exact) mass is 228 g/mol. The second-order valence-corrected chi connectivity index (χ2v) is 5.26. The van der Waals surface area contributed by atoms with Crippen LogP contribution in [-0.4, -0.2) is 36.1 Å². The average Bonchev–Trinajstić information content (AvgIpc) is 2.26. The van der Waals surface area contributed by atoms with E-state index in [-0.39, 0.29) is 0 Å². The molecule has 0 aliphatic heterocycles. The number of nitrogens with zero attached hydrogens (tertiary/aromatic N) is 1. The molecule has 0 saturated carbocycles. The van der Waals surface area contributed by atoms with Crippen LogP contribution in [0.1, 0.15) is 60.8 Å². The summed E-state index contributed by atoms with van der Waals surface area (Å²) in [5.74, 6) is 0. The highest BCUT2D eigenvalue weighted by Crippen LogP contribution is 2.10. The van der Waals surface area contributed by atoms with Crippen molar-refractivity contribution in [2.24, 2.45) is 0 Å². The maximum atomic E-state index is 3.54. The Hall–Kier alpha value is -0.0800. The first kappa shape index (κ1) is 15.9. The lowest BCUT2D eigenvalue weighted by molar-refractivity contribution is 0.143. The van der Waals surface area contributed by atoms with E-state index in [2.05, 4.69) is 51.8 Å². The van der Waals surface area contributed by atoms with Crippen LogP contribution >= 0.6 is 0 Å². The van der Waals surface area contributed by atoms with Crippen LogP contribution in [0.15, 0.2) is 0 Å². The zero-order valence-corrected chi connectivity index (χ0v) is 12.2. The maximum absolute atomic E-state index is 3.54. The summed E-state index contributed by atoms with van der Waals surface area (Å²) in [5.41, 5.74) is 0. The Morgan fingerprint density at radius 1 is 1.00 bits per heavy atom. The molecule has 0 spiro atoms. The Balaban J connectivity index is 4.14. The van der Waals surface area contributed by atoms with Crippen molar-refractivity contribution in [3.8, 4) is 0 Å². The van der Waals surface area contributed by atoms with Gasteiger partial charge in [0.05, 0.1) is 0 Å². The van der Waals surface area contributed by atoms with Gasteiger partial charge in [-0.05, 0) is 33.2 Å². The van der Waals surface area contributed by atoms with Crippen LogP contribution in [-0.2, 0) is 0 Å². The van der Waals surface area contributed by atoms with E-state index in [0.29, 0.717) is 18.1 Å². The number of nitrogens with one attached hydrogen (secondary N) is 1. The molecule has 0 saturated heterocycles. The highest BCUT2D eigenvalue weighted by atomic mass is 15.2. The van der Waals surface area contributed by atoms with E-state index in [4.69, 9.17) is 0 Å². The van der Waals surface area contributed by atoms with Gasteiger partial charge in [0.1, 0.15) is 0 Å². The molecule has 0 aromatic heterocycles. The van der Waals surface area contributed by atoms with Gasteiger partial charge in [-0.2, -0.15) is 0 Å². The van der Waals surface area contributed by atoms with Gasteiger partial charge in [-0.15, -0.1) is 0 Å². The fraction of sp³-hybridized carbons (Fsp3) is 1.00. The molecule has 98 valence electrons. The van der Waals surface area contributed by atoms with E-state index >= 15 is 0 Å². The predicted molar refractivity (Wildman–Crippen MR) is 74.0 cm³/mol. The van der Waals surface area contributed by atoms with Crippen molar-refractivity contribution in [2.75, 3.05) is 13.1 Å². The third-order valence-electron chi connectivity index (χ3n) is 3.31. The van der Waals surface area contributed by atoms with Crippen molar-refractivity contribution < 1.29 is 0 Å². The Labute approximate surface area is 103 Å². The first-order chi connectivity index (χ1) is 7.52. The third kappa shape index (κ3) is 6.49. The average molecular weight is 228 g/mol. The van der Waals surface area contributed by atoms with Crippen LogP contribution in [0, 0.1) is 0 Å². The minimum absolute atomic E-state index is 0.590. The summed E-state index contributed by atoms with van der Waals surface area (Å²) in [5, 5.41) is 3.54. The van der Waals surface area contributed by atoms with Crippen LogP contribution in [0.4, 0.5) is 0 Å². The normalized spacial score (nSPS) is 15.8. The van der Waals surface area contributed by atoms with Gasteiger partial charge in [0.2, 0.25) is 0 Å². The number of unbranched alkanes of at least 4 members (excludes halogenated alkanes) is 1. The minimum atomic E-state index is 0.590. The Kier molecular flexibility index (Phi) is 8.96. The fourth-order valence-corrected chi connectivity index (χ4v) is 1.97. The second-order valence-electron chi connectivity index (χ2n) is 5.26. The summed E-state index contributed by atoms with van der Waals surface area (Å²) in [7, 11) is 0. The predicted octanol–water partition coefficient (Wildman–Crippen LogP) is 3.27. The molecule has 0 bridgehead atoms. The summed E-state index contributed by atoms with van der Waals surface area (Å²) in [4.78, 5) is 2.65. The Morgan fingerprint density at radius 3 is 2.06 bits per heavy atom. The van der Waals surface area contributed by atoms with Gasteiger partial charge in [-0.25, -0.2) is 0 Å². The summed E-state index contributed by atoms with van der Waals surface area (Å²) in [6, 6.07) is 1.94. The van der Waals surface area contributed by atoms with E-state index in [9.17, 15) is 0 Å². The smallest absolute Gasteiger partial charge is 0.0195 e. The molecule has 16 heavy (non-hydrogen) atoms. The molecule has 0 heterocycles. The number of hydrogen-bond donors (Lipinski definition) is 1. The molecule has 0 fully saturated rings. The molecule has 0 amide bonds. The zero-order valence-electron chi connectivity index (χ0n) is 12.2. The van der Waals surface area contributed by atoms with E-state index in [1.165, 1.54) is 25.8 Å². The number of rotatable bonds is 9. The Morgan fingerprint density at radius 2 is 1.62 bits per heavy atom. The van der Waals surface area contributed by atoms with Gasteiger partial charge in [-0.1, -0.05) is 34.1 Å². The SMILES string of the molecule is CCCCN(C(C)CC)C(C)CNC(C)C. The van der Waals surface area contributed by atoms with Gasteiger partial charge in [0.15, 0.2) is 0 Å². The molecule has 0 radical (unpaired) electrons. The van der Waals surface area contributed by atoms with Crippen molar-refractivity contribution in [3.63, 3.8) is 0 Å². The highest BCUT2D eigenvalue weighted by Gasteiger charge is 2.18. The fourth-order valence-electron chi connectivity index (χ4n) is 1.97. The lowest BCUT2D eigenvalue weighted by atomic mass is 10.1. The summed E-state index contributed by atoms with van der Waals surface area (Å²) in [6.07, 6.45) is 3.85. The molecular weight excluding hydrogens is 196 g/mol. The maximum Gasteiger partial charge on any atom is 0.0195 e. The van der Waals surface area contributed by atoms with E-state index in [1.54, 1.807) is 0 Å². The van der Waals surface area contributed by atoms with Crippen LogP contribution in [0.3, 0.4) is 0 Å². The second kappa shape index (κ2) is 9.00. The quantitative estimate of drug-likeness (QED) is 0.651. The molecule has 2 unspecified atom stereocenters. The molecule has 0 aliphatic carbocycles. The minimum Gasteiger partial charge on any atom is -0.313 e. The van der Waals surface area contributed by atoms with Gasteiger partial charge in [0.25, 0.3) is 0 Å². The summed E-state index contributed by atoms with van der Waals surface area (Å²) >= 11 is 0. The summed E-state index contributed by atoms with van der Waals surface area (Å²) < 4.78 is 0. The standard InChI is InChI=1S/C14H32N2/c1-7-9-10-16(13(5)8-2)14(6)11-15-12(3)4/h12-15H,7-11H2,1-6H3. The molecule has 0 aromatic carbocycles. The van der Waals surface area contributed by atoms with Gasteiger partial charge < -0.3 is 5.32 Å². The molecule has 0 aromatic rings. The molecule has 1 N–H and O–H groups in total. The third-order valence-corrected chi connectivity index (χ3v) is 3.31. The van der Waals surface area contributed by atoms with E-state index in [0.717, 1.165) is 6.54 Å². The first-order valence-electron chi connectivity index (χ1n) is 7.01. The van der Waals surface area contributed by atoms with Gasteiger partial charge >= 0.3 is 0 Å². The van der Waals surface area contributed by atoms with Crippen LogP contribution in [0.5, 0.6) is 0 Å². The van der Waals surface area contributed by atoms with Crippen molar-refractivity contribution in [1.82, 2.24) is 10.2 Å². The van der Waals surface area contributed by atoms with E-state index < -0.39 is 0 Å². The molecule has 2 heteroatoms. The van der Waals surface area contributed by atoms with Crippen molar-refractivity contribution >= 4 is 0 Å². The van der Waals surface area contributed by atoms with Crippen molar-refractivity contribution in [2.45, 2.75) is 78.9 Å². The zero-order chi connectivity index (χ0) is 12.6. The van der Waals surface area contributed by atoms with Crippen LogP contribution < -0.4 is 5.32 Å². The molecular formula is C14H32N2. The summed E-state index contributed by atoms with van der Waals surface area (Å²) in [6.45, 7) is 16.0. The van der Waals surface area contributed by atoms with E-state index in [1.807, 2.05) is 0 Å². The van der Waals surface area contributed by atoms with Crippen molar-refractivity contribution in [3.05, 3.63) is 0 Å². The van der Waals surface area contributed by atoms with Crippen LogP contribution in [0.2, 0.25) is 0 Å². The Bertz CT molecular complexity index is 157. The molecule has 0 aliphatic rings. The molecule has 0 rings (SSSR count). The van der Waals surface area contributed by atoms with Gasteiger partial charge in [-0.3, -0.25) is 4.90 Å². The molecule has 2 atom stereocenters. The number of hydrogen-bond acceptors (Lipinski definition) is 2. The first-order valence-corrected chi connectivity index (χ1v) is 7.01. The van der Waals surface area contributed by atoms with Gasteiger partial charge in [0, 0.05) is 24.7 Å². The molecule has 2 nitrogen and oxygen atoms in total. The van der Waals surface area contributed by atoms with Crippen molar-refractivity contribution in [1.29, 1.82) is 0 Å². The lowest BCUT2D eigenvalue weighted by Crippen LogP contribution is -2.46. The topological polar surface area (TPSA) is 15.3 Å². The largest absolute Gasteiger partial charge is 0.313 e. The highest BCUT2D eigenvalue weighted by molar-refractivity contribution is 4.75. The van der Waals surface area contributed by atoms with Crippen LogP contribution in [0.25, 0.3) is 0 Å². The lowest BCUT2D eigenvalue weighted by Gasteiger charge is -2.34.